The van der Waals surface area contributed by atoms with E-state index in [1.807, 2.05) is 24.3 Å². The zero-order valence-corrected chi connectivity index (χ0v) is 18.9. The Labute approximate surface area is 179 Å². The predicted octanol–water partition coefficient (Wildman–Crippen LogP) is 3.28. The van der Waals surface area contributed by atoms with Crippen LogP contribution in [0.2, 0.25) is 0 Å². The van der Waals surface area contributed by atoms with Gasteiger partial charge in [0.2, 0.25) is 10.0 Å². The number of ether oxygens (including phenoxy) is 1. The van der Waals surface area contributed by atoms with Crippen LogP contribution in [0.3, 0.4) is 0 Å². The summed E-state index contributed by atoms with van der Waals surface area (Å²) < 4.78 is 32.7. The minimum Gasteiger partial charge on any atom is -0.481 e. The van der Waals surface area contributed by atoms with E-state index >= 15 is 0 Å². The minimum atomic E-state index is -3.53. The second kappa shape index (κ2) is 8.78. The fourth-order valence-corrected chi connectivity index (χ4v) is 4.88. The molecule has 1 heterocycles. The summed E-state index contributed by atoms with van der Waals surface area (Å²) in [6.07, 6.45) is -0.636. The van der Waals surface area contributed by atoms with E-state index in [4.69, 9.17) is 4.74 Å². The van der Waals surface area contributed by atoms with Crippen LogP contribution in [0.4, 0.5) is 0 Å². The largest absolute Gasteiger partial charge is 0.481 e. The number of carbonyl (C=O) groups excluding carboxylic acids is 1. The van der Waals surface area contributed by atoms with Crippen molar-refractivity contribution in [2.75, 3.05) is 26.2 Å². The molecule has 1 fully saturated rings. The lowest BCUT2D eigenvalue weighted by Gasteiger charge is -2.35. The summed E-state index contributed by atoms with van der Waals surface area (Å²) in [6, 6.07) is 16.2. The van der Waals surface area contributed by atoms with Crippen LogP contribution in [0.25, 0.3) is 0 Å². The van der Waals surface area contributed by atoms with Crippen LogP contribution in [-0.4, -0.2) is 55.8 Å². The Morgan fingerprint density at radius 1 is 0.933 bits per heavy atom. The summed E-state index contributed by atoms with van der Waals surface area (Å²) in [6.45, 7) is 9.41. The van der Waals surface area contributed by atoms with E-state index in [1.54, 1.807) is 42.2 Å². The number of sulfonamides is 1. The van der Waals surface area contributed by atoms with Crippen LogP contribution in [0.15, 0.2) is 59.5 Å². The molecule has 0 aliphatic carbocycles. The summed E-state index contributed by atoms with van der Waals surface area (Å²) in [4.78, 5) is 14.7. The first-order chi connectivity index (χ1) is 14.1. The number of hydrogen-bond donors (Lipinski definition) is 0. The first kappa shape index (κ1) is 22.3. The zero-order chi connectivity index (χ0) is 21.9. The highest BCUT2D eigenvalue weighted by atomic mass is 32.2. The van der Waals surface area contributed by atoms with Gasteiger partial charge < -0.3 is 9.64 Å². The molecule has 0 radical (unpaired) electrons. The van der Waals surface area contributed by atoms with E-state index in [0.717, 1.165) is 0 Å². The maximum atomic E-state index is 12.8. The van der Waals surface area contributed by atoms with Crippen molar-refractivity contribution in [3.8, 4) is 5.75 Å². The number of piperazine rings is 1. The summed E-state index contributed by atoms with van der Waals surface area (Å²) in [5.41, 5.74) is 1.25. The summed E-state index contributed by atoms with van der Waals surface area (Å²) >= 11 is 0. The van der Waals surface area contributed by atoms with Gasteiger partial charge in [0.25, 0.3) is 5.91 Å². The monoisotopic (exact) mass is 430 g/mol. The molecular weight excluding hydrogens is 400 g/mol. The van der Waals surface area contributed by atoms with E-state index in [-0.39, 0.29) is 29.3 Å². The standard InChI is InChI=1S/C23H30N2O4S/c1-18(29-20-12-10-19(11-13-20)23(2,3)4)22(26)24-14-16-25(17-15-24)30(27,28)21-8-6-5-7-9-21/h5-13,18H,14-17H2,1-4H3/t18-/m1/s1. The Kier molecular flexibility index (Phi) is 6.53. The highest BCUT2D eigenvalue weighted by Gasteiger charge is 2.32. The molecule has 0 aromatic heterocycles. The molecule has 3 rings (SSSR count). The van der Waals surface area contributed by atoms with E-state index in [9.17, 15) is 13.2 Å². The Balaban J connectivity index is 1.57. The van der Waals surface area contributed by atoms with Crippen LogP contribution in [-0.2, 0) is 20.2 Å². The SMILES string of the molecule is C[C@@H](Oc1ccc(C(C)(C)C)cc1)C(=O)N1CCN(S(=O)(=O)c2ccccc2)CC1. The van der Waals surface area contributed by atoms with E-state index in [1.165, 1.54) is 9.87 Å². The second-order valence-electron chi connectivity index (χ2n) is 8.58. The molecule has 1 aliphatic rings. The van der Waals surface area contributed by atoms with Gasteiger partial charge in [-0.05, 0) is 42.2 Å². The number of amides is 1. The van der Waals surface area contributed by atoms with Crippen molar-refractivity contribution >= 4 is 15.9 Å². The molecule has 1 aliphatic heterocycles. The highest BCUT2D eigenvalue weighted by Crippen LogP contribution is 2.25. The van der Waals surface area contributed by atoms with Gasteiger partial charge in [-0.15, -0.1) is 0 Å². The number of carbonyl (C=O) groups is 1. The molecule has 0 unspecified atom stereocenters. The zero-order valence-electron chi connectivity index (χ0n) is 18.0. The Morgan fingerprint density at radius 2 is 1.50 bits per heavy atom. The van der Waals surface area contributed by atoms with Crippen LogP contribution in [0.5, 0.6) is 5.75 Å². The lowest BCUT2D eigenvalue weighted by Crippen LogP contribution is -2.53. The third kappa shape index (κ3) is 5.02. The van der Waals surface area contributed by atoms with Crippen LogP contribution >= 0.6 is 0 Å². The van der Waals surface area contributed by atoms with E-state index < -0.39 is 16.1 Å². The van der Waals surface area contributed by atoms with Gasteiger partial charge in [-0.3, -0.25) is 4.79 Å². The smallest absolute Gasteiger partial charge is 0.263 e. The molecule has 0 N–H and O–H groups in total. The molecule has 7 heteroatoms. The van der Waals surface area contributed by atoms with Gasteiger partial charge in [-0.2, -0.15) is 4.31 Å². The van der Waals surface area contributed by atoms with Crippen molar-refractivity contribution in [3.63, 3.8) is 0 Å². The first-order valence-corrected chi connectivity index (χ1v) is 11.6. The first-order valence-electron chi connectivity index (χ1n) is 10.2. The molecule has 0 spiro atoms. The maximum absolute atomic E-state index is 12.8. The van der Waals surface area contributed by atoms with Crippen LogP contribution < -0.4 is 4.74 Å². The molecule has 1 atom stereocenters. The molecular formula is C23H30N2O4S. The van der Waals surface area contributed by atoms with Crippen LogP contribution in [0, 0.1) is 0 Å². The normalized spacial score (nSPS) is 16.9. The summed E-state index contributed by atoms with van der Waals surface area (Å²) in [7, 11) is -3.53. The third-order valence-electron chi connectivity index (χ3n) is 5.31. The fourth-order valence-electron chi connectivity index (χ4n) is 3.44. The predicted molar refractivity (Wildman–Crippen MR) is 117 cm³/mol. The van der Waals surface area contributed by atoms with Gasteiger partial charge in [-0.25, -0.2) is 8.42 Å². The molecule has 2 aromatic rings. The average molecular weight is 431 g/mol. The summed E-state index contributed by atoms with van der Waals surface area (Å²) in [5, 5.41) is 0. The Morgan fingerprint density at radius 3 is 2.03 bits per heavy atom. The van der Waals surface area contributed by atoms with Gasteiger partial charge in [0.1, 0.15) is 5.75 Å². The molecule has 162 valence electrons. The second-order valence-corrected chi connectivity index (χ2v) is 10.5. The molecule has 6 nitrogen and oxygen atoms in total. The Bertz CT molecular complexity index is 959. The summed E-state index contributed by atoms with van der Waals surface area (Å²) in [5.74, 6) is 0.515. The maximum Gasteiger partial charge on any atom is 0.263 e. The molecule has 2 aromatic carbocycles. The molecule has 30 heavy (non-hydrogen) atoms. The van der Waals surface area contributed by atoms with E-state index in [0.29, 0.717) is 18.8 Å². The fraction of sp³-hybridized carbons (Fsp3) is 0.435. The van der Waals surface area contributed by atoms with Crippen molar-refractivity contribution in [1.29, 1.82) is 0 Å². The topological polar surface area (TPSA) is 66.9 Å². The van der Waals surface area contributed by atoms with Gasteiger partial charge in [0.15, 0.2) is 6.10 Å². The van der Waals surface area contributed by atoms with E-state index in [2.05, 4.69) is 20.8 Å². The lowest BCUT2D eigenvalue weighted by molar-refractivity contribution is -0.139. The van der Waals surface area contributed by atoms with Gasteiger partial charge >= 0.3 is 0 Å². The Hall–Kier alpha value is -2.38. The number of hydrogen-bond acceptors (Lipinski definition) is 4. The number of rotatable bonds is 5. The number of benzene rings is 2. The van der Waals surface area contributed by atoms with Gasteiger partial charge in [-0.1, -0.05) is 51.1 Å². The van der Waals surface area contributed by atoms with Crippen molar-refractivity contribution in [1.82, 2.24) is 9.21 Å². The van der Waals surface area contributed by atoms with Gasteiger partial charge in [0.05, 0.1) is 4.90 Å². The molecule has 1 amide bonds. The van der Waals surface area contributed by atoms with Crippen molar-refractivity contribution in [2.45, 2.75) is 44.1 Å². The van der Waals surface area contributed by atoms with Gasteiger partial charge in [0, 0.05) is 26.2 Å². The van der Waals surface area contributed by atoms with Crippen LogP contribution in [0.1, 0.15) is 33.3 Å². The quantitative estimate of drug-likeness (QED) is 0.730. The molecule has 0 bridgehead atoms. The van der Waals surface area contributed by atoms with Crippen molar-refractivity contribution in [3.05, 3.63) is 60.2 Å². The number of nitrogens with zero attached hydrogens (tertiary/aromatic N) is 2. The third-order valence-corrected chi connectivity index (χ3v) is 7.23. The average Bonchev–Trinajstić information content (AvgIpc) is 2.73. The minimum absolute atomic E-state index is 0.0553. The van der Waals surface area contributed by atoms with Crippen molar-refractivity contribution < 1.29 is 17.9 Å². The molecule has 0 saturated carbocycles. The molecule has 1 saturated heterocycles. The van der Waals surface area contributed by atoms with Crippen molar-refractivity contribution in [2.24, 2.45) is 0 Å². The lowest BCUT2D eigenvalue weighted by atomic mass is 9.87. The highest BCUT2D eigenvalue weighted by molar-refractivity contribution is 7.89.